The molecule has 0 spiro atoms. The number of benzene rings is 1. The zero-order valence-corrected chi connectivity index (χ0v) is 18.0. The van der Waals surface area contributed by atoms with Gasteiger partial charge in [0.25, 0.3) is 5.91 Å². The molecule has 0 radical (unpaired) electrons. The van der Waals surface area contributed by atoms with Crippen LogP contribution in [0.4, 0.5) is 0 Å². The van der Waals surface area contributed by atoms with Gasteiger partial charge in [-0.1, -0.05) is 12.1 Å². The van der Waals surface area contributed by atoms with Gasteiger partial charge in [0.15, 0.2) is 11.4 Å². The highest BCUT2D eigenvalue weighted by Gasteiger charge is 2.70. The number of amides is 1. The van der Waals surface area contributed by atoms with Crippen LogP contribution >= 0.6 is 0 Å². The molecule has 0 unspecified atom stereocenters. The number of primary amides is 1. The Kier molecular flexibility index (Phi) is 4.78. The van der Waals surface area contributed by atoms with Crippen molar-refractivity contribution in [2.24, 2.45) is 17.6 Å². The molecule has 1 amide bonds. The minimum atomic E-state index is -3.02. The predicted molar refractivity (Wildman–Crippen MR) is 112 cm³/mol. The molecule has 4 rings (SSSR count). The number of ketones is 2. The van der Waals surface area contributed by atoms with Crippen molar-refractivity contribution in [2.75, 3.05) is 14.1 Å². The number of carbonyl (C=O) groups is 3. The SMILES string of the molecule is CN(C)[C@@H]1C(=O)C(C(N)=O)=C(O)[C@@]2(O)C(=O)C3=C(O)c4c(O)cccc4[C@@](C)(O)[C@H]3[C@H](O)[C@H]12. The van der Waals surface area contributed by atoms with E-state index in [9.17, 15) is 45.0 Å². The van der Waals surface area contributed by atoms with Gasteiger partial charge in [0.1, 0.15) is 22.8 Å². The van der Waals surface area contributed by atoms with E-state index in [1.54, 1.807) is 0 Å². The molecule has 3 aliphatic carbocycles. The quantitative estimate of drug-likeness (QED) is 0.257. The molecule has 3 aliphatic rings. The lowest BCUT2D eigenvalue weighted by Crippen LogP contribution is -2.71. The largest absolute Gasteiger partial charge is 0.508 e. The molecule has 1 saturated carbocycles. The van der Waals surface area contributed by atoms with Gasteiger partial charge in [0.2, 0.25) is 5.78 Å². The number of aliphatic hydroxyl groups excluding tert-OH is 3. The number of phenols is 1. The zero-order chi connectivity index (χ0) is 24.8. The van der Waals surface area contributed by atoms with Crippen LogP contribution in [0, 0.1) is 11.8 Å². The Morgan fingerprint density at radius 2 is 1.73 bits per heavy atom. The Bertz CT molecular complexity index is 1180. The highest BCUT2D eigenvalue weighted by atomic mass is 16.4. The molecule has 11 nitrogen and oxygen atoms in total. The average Bonchev–Trinajstić information content (AvgIpc) is 2.70. The Morgan fingerprint density at radius 1 is 1.12 bits per heavy atom. The average molecular weight is 460 g/mol. The van der Waals surface area contributed by atoms with Crippen LogP contribution in [0.3, 0.4) is 0 Å². The minimum absolute atomic E-state index is 0.00664. The van der Waals surface area contributed by atoms with Crippen LogP contribution in [0.15, 0.2) is 35.1 Å². The van der Waals surface area contributed by atoms with Gasteiger partial charge in [-0.25, -0.2) is 0 Å². The summed E-state index contributed by atoms with van der Waals surface area (Å²) >= 11 is 0. The second-order valence-corrected chi connectivity index (χ2v) is 9.06. The van der Waals surface area contributed by atoms with Gasteiger partial charge in [0.05, 0.1) is 40.7 Å². The number of likely N-dealkylation sites (N-methyl/N-ethyl adjacent to an activating group) is 1. The molecule has 0 aromatic heterocycles. The van der Waals surface area contributed by atoms with Crippen LogP contribution in [0.2, 0.25) is 0 Å². The first-order valence-corrected chi connectivity index (χ1v) is 10.1. The Hall–Kier alpha value is -3.25. The van der Waals surface area contributed by atoms with Gasteiger partial charge in [-0.05, 0) is 32.6 Å². The molecule has 11 heteroatoms. The van der Waals surface area contributed by atoms with Gasteiger partial charge in [-0.3, -0.25) is 19.3 Å². The van der Waals surface area contributed by atoms with Crippen molar-refractivity contribution in [3.63, 3.8) is 0 Å². The molecule has 0 heterocycles. The van der Waals surface area contributed by atoms with E-state index in [1.165, 1.54) is 44.1 Å². The fourth-order valence-corrected chi connectivity index (χ4v) is 5.60. The van der Waals surface area contributed by atoms with E-state index in [0.29, 0.717) is 0 Å². The van der Waals surface area contributed by atoms with Crippen LogP contribution in [-0.2, 0) is 20.0 Å². The van der Waals surface area contributed by atoms with Gasteiger partial charge >= 0.3 is 0 Å². The number of fused-ring (bicyclic) bond motifs is 3. The smallest absolute Gasteiger partial charge is 0.255 e. The van der Waals surface area contributed by atoms with Crippen LogP contribution in [0.1, 0.15) is 18.1 Å². The number of hydrogen-bond acceptors (Lipinski definition) is 10. The first-order valence-electron chi connectivity index (χ1n) is 10.1. The van der Waals surface area contributed by atoms with Crippen molar-refractivity contribution in [3.8, 4) is 5.75 Å². The number of aliphatic hydroxyl groups is 5. The number of rotatable bonds is 2. The standard InChI is InChI=1S/C22H24N2O9/c1-21(32)7-5-4-6-8(25)9(7)15(26)10-12(21)17(28)13-14(24(2)3)16(27)11(20(23)31)19(30)22(13,33)18(10)29/h4-6,12-14,17,25-26,28,30,32-33H,1-3H3,(H2,23,31)/t12-,13+,14+,17+,21-,22+/m1/s1. The van der Waals surface area contributed by atoms with Crippen molar-refractivity contribution in [3.05, 3.63) is 46.2 Å². The second-order valence-electron chi connectivity index (χ2n) is 9.06. The predicted octanol–water partition coefficient (Wildman–Crippen LogP) is -1.40. The van der Waals surface area contributed by atoms with Crippen molar-refractivity contribution >= 4 is 23.2 Å². The molecule has 0 bridgehead atoms. The molecule has 8 N–H and O–H groups in total. The lowest BCUT2D eigenvalue weighted by atomic mass is 9.53. The summed E-state index contributed by atoms with van der Waals surface area (Å²) in [6, 6.07) is 2.50. The fraction of sp³-hybridized carbons (Fsp3) is 0.409. The number of nitrogens with two attached hydrogens (primary N) is 1. The van der Waals surface area contributed by atoms with E-state index in [4.69, 9.17) is 5.73 Å². The number of nitrogens with zero attached hydrogens (tertiary/aromatic N) is 1. The summed E-state index contributed by atoms with van der Waals surface area (Å²) in [5.74, 6) is -9.67. The molecule has 0 aliphatic heterocycles. The molecule has 1 aromatic rings. The van der Waals surface area contributed by atoms with Crippen molar-refractivity contribution in [1.29, 1.82) is 0 Å². The van der Waals surface area contributed by atoms with E-state index in [-0.39, 0.29) is 11.1 Å². The molecule has 0 saturated heterocycles. The third kappa shape index (κ3) is 2.61. The summed E-state index contributed by atoms with van der Waals surface area (Å²) in [4.78, 5) is 39.9. The molecular formula is C22H24N2O9. The maximum atomic E-state index is 13.7. The third-order valence-electron chi connectivity index (χ3n) is 7.03. The van der Waals surface area contributed by atoms with Crippen LogP contribution in [-0.4, -0.2) is 84.9 Å². The summed E-state index contributed by atoms with van der Waals surface area (Å²) in [7, 11) is 2.80. The summed E-state index contributed by atoms with van der Waals surface area (Å²) in [5, 5.41) is 66.3. The molecule has 176 valence electrons. The van der Waals surface area contributed by atoms with Crippen molar-refractivity contribution in [1.82, 2.24) is 4.90 Å². The lowest BCUT2D eigenvalue weighted by Gasteiger charge is -2.55. The Labute approximate surface area is 187 Å². The number of Topliss-reactive ketones (excluding diaryl/α,β-unsaturated/α-hetero) is 2. The third-order valence-corrected chi connectivity index (χ3v) is 7.03. The maximum absolute atomic E-state index is 13.7. The number of aromatic hydroxyl groups is 1. The van der Waals surface area contributed by atoms with Crippen molar-refractivity contribution in [2.45, 2.75) is 30.3 Å². The van der Waals surface area contributed by atoms with E-state index >= 15 is 0 Å². The van der Waals surface area contributed by atoms with Gasteiger partial charge in [-0.15, -0.1) is 0 Å². The lowest BCUT2D eigenvalue weighted by molar-refractivity contribution is -0.181. The number of carbonyl (C=O) groups excluding carboxylic acids is 3. The minimum Gasteiger partial charge on any atom is -0.508 e. The molecule has 1 aromatic carbocycles. The van der Waals surface area contributed by atoms with Crippen LogP contribution in [0.25, 0.3) is 5.76 Å². The highest BCUT2D eigenvalue weighted by molar-refractivity contribution is 6.24. The topological polar surface area (TPSA) is 202 Å². The van der Waals surface area contributed by atoms with Gasteiger partial charge in [-0.2, -0.15) is 0 Å². The van der Waals surface area contributed by atoms with Gasteiger partial charge < -0.3 is 36.4 Å². The fourth-order valence-electron chi connectivity index (χ4n) is 5.60. The van der Waals surface area contributed by atoms with Crippen LogP contribution in [0.5, 0.6) is 5.75 Å². The van der Waals surface area contributed by atoms with E-state index in [0.717, 1.165) is 0 Å². The number of phenolic OH excluding ortho intramolecular Hbond substituents is 1. The normalized spacial score (nSPS) is 36.0. The first-order chi connectivity index (χ1) is 15.2. The summed E-state index contributed by atoms with van der Waals surface area (Å²) < 4.78 is 0. The highest BCUT2D eigenvalue weighted by Crippen LogP contribution is 2.57. The second kappa shape index (κ2) is 6.87. The van der Waals surface area contributed by atoms with Gasteiger partial charge in [0, 0.05) is 0 Å². The molecule has 33 heavy (non-hydrogen) atoms. The maximum Gasteiger partial charge on any atom is 0.255 e. The van der Waals surface area contributed by atoms with E-state index in [2.05, 4.69) is 0 Å². The van der Waals surface area contributed by atoms with E-state index < -0.39 is 81.1 Å². The van der Waals surface area contributed by atoms with Crippen molar-refractivity contribution < 1.29 is 45.0 Å². The monoisotopic (exact) mass is 460 g/mol. The number of hydrogen-bond donors (Lipinski definition) is 7. The first kappa shape index (κ1) is 22.9. The summed E-state index contributed by atoms with van der Waals surface area (Å²) in [6.45, 7) is 1.25. The van der Waals surface area contributed by atoms with E-state index in [1.807, 2.05) is 0 Å². The summed E-state index contributed by atoms with van der Waals surface area (Å²) in [6.07, 6.45) is -1.87. The molecular weight excluding hydrogens is 436 g/mol. The Morgan fingerprint density at radius 3 is 2.27 bits per heavy atom. The zero-order valence-electron chi connectivity index (χ0n) is 18.0. The van der Waals surface area contributed by atoms with Crippen LogP contribution < -0.4 is 5.73 Å². The summed E-state index contributed by atoms with van der Waals surface area (Å²) in [5.41, 5.74) is -1.78. The molecule has 6 atom stereocenters. The Balaban J connectivity index is 2.11. The molecule has 1 fully saturated rings.